The van der Waals surface area contributed by atoms with Crippen LogP contribution in [-0.2, 0) is 4.79 Å². The van der Waals surface area contributed by atoms with E-state index in [1.54, 1.807) is 0 Å². The van der Waals surface area contributed by atoms with E-state index in [4.69, 9.17) is 0 Å². The normalized spacial score (nSPS) is 22.8. The highest BCUT2D eigenvalue weighted by atomic mass is 19.4. The third-order valence-electron chi connectivity index (χ3n) is 6.76. The molecule has 0 spiro atoms. The Kier molecular flexibility index (Phi) is 7.82. The Labute approximate surface area is 184 Å². The standard InChI is InChI=1S/C24H36F3N3O/c1-8-20(19-11-10-12-19)21(17(4)28-9-2)18(5)29-13-14-30(16(3)15-29)22(31)23(6,7)24(25,26)27/h8-9,16,19H,2,10-15H2,1,3-7H3/b20-8-,21-18-,28-17?. The van der Waals surface area contributed by atoms with Gasteiger partial charge in [0.05, 0.1) is 0 Å². The fraction of sp³-hybridized carbons (Fsp3) is 0.667. The van der Waals surface area contributed by atoms with Crippen LogP contribution in [0.25, 0.3) is 0 Å². The molecule has 7 heteroatoms. The molecule has 0 radical (unpaired) electrons. The molecule has 0 aromatic rings. The van der Waals surface area contributed by atoms with Crippen molar-refractivity contribution in [3.05, 3.63) is 35.7 Å². The van der Waals surface area contributed by atoms with Gasteiger partial charge in [-0.2, -0.15) is 13.2 Å². The Balaban J connectivity index is 2.32. The van der Waals surface area contributed by atoms with E-state index in [2.05, 4.69) is 22.5 Å². The summed E-state index contributed by atoms with van der Waals surface area (Å²) in [6, 6.07) is -0.325. The molecule has 0 aromatic heterocycles. The third-order valence-corrected chi connectivity index (χ3v) is 6.76. The van der Waals surface area contributed by atoms with Crippen LogP contribution in [0.5, 0.6) is 0 Å². The van der Waals surface area contributed by atoms with Crippen LogP contribution in [0, 0.1) is 11.3 Å². The number of hydrogen-bond acceptors (Lipinski definition) is 3. The maximum absolute atomic E-state index is 13.4. The van der Waals surface area contributed by atoms with E-state index in [-0.39, 0.29) is 12.6 Å². The molecule has 1 saturated carbocycles. The first-order chi connectivity index (χ1) is 14.4. The van der Waals surface area contributed by atoms with E-state index in [0.717, 1.165) is 43.7 Å². The van der Waals surface area contributed by atoms with Gasteiger partial charge in [-0.25, -0.2) is 0 Å². The molecule has 1 aliphatic heterocycles. The lowest BCUT2D eigenvalue weighted by atomic mass is 9.75. The van der Waals surface area contributed by atoms with Crippen LogP contribution in [0.1, 0.15) is 60.8 Å². The zero-order valence-corrected chi connectivity index (χ0v) is 19.6. The predicted molar refractivity (Wildman–Crippen MR) is 120 cm³/mol. The van der Waals surface area contributed by atoms with E-state index in [0.29, 0.717) is 19.0 Å². The number of rotatable bonds is 6. The number of amides is 1. The second kappa shape index (κ2) is 9.61. The van der Waals surface area contributed by atoms with E-state index in [1.807, 2.05) is 27.7 Å². The van der Waals surface area contributed by atoms with Crippen molar-refractivity contribution in [3.63, 3.8) is 0 Å². The highest BCUT2D eigenvalue weighted by Gasteiger charge is 2.55. The van der Waals surface area contributed by atoms with Gasteiger partial charge in [-0.15, -0.1) is 0 Å². The molecule has 2 fully saturated rings. The Morgan fingerprint density at radius 3 is 2.19 bits per heavy atom. The predicted octanol–water partition coefficient (Wildman–Crippen LogP) is 5.73. The maximum atomic E-state index is 13.4. The molecule has 0 N–H and O–H groups in total. The topological polar surface area (TPSA) is 35.9 Å². The quantitative estimate of drug-likeness (QED) is 0.391. The lowest BCUT2D eigenvalue weighted by molar-refractivity contribution is -0.219. The van der Waals surface area contributed by atoms with Crippen LogP contribution in [0.15, 0.2) is 40.7 Å². The average Bonchev–Trinajstić information content (AvgIpc) is 2.64. The Morgan fingerprint density at radius 1 is 1.16 bits per heavy atom. The highest BCUT2D eigenvalue weighted by molar-refractivity contribution is 6.03. The van der Waals surface area contributed by atoms with Crippen LogP contribution < -0.4 is 0 Å². The summed E-state index contributed by atoms with van der Waals surface area (Å²) in [5.74, 6) is -0.347. The Bertz CT molecular complexity index is 788. The van der Waals surface area contributed by atoms with Crippen LogP contribution in [-0.4, -0.2) is 53.3 Å². The largest absolute Gasteiger partial charge is 0.402 e. The molecule has 0 bridgehead atoms. The molecule has 1 amide bonds. The minimum atomic E-state index is -4.58. The highest BCUT2D eigenvalue weighted by Crippen LogP contribution is 2.41. The summed E-state index contributed by atoms with van der Waals surface area (Å²) in [6.07, 6.45) is 2.64. The third kappa shape index (κ3) is 5.07. The van der Waals surface area contributed by atoms with Crippen LogP contribution in [0.3, 0.4) is 0 Å². The molecule has 2 rings (SSSR count). The van der Waals surface area contributed by atoms with E-state index in [9.17, 15) is 18.0 Å². The van der Waals surface area contributed by atoms with Gasteiger partial charge in [-0.05, 0) is 65.9 Å². The van der Waals surface area contributed by atoms with Crippen molar-refractivity contribution < 1.29 is 18.0 Å². The van der Waals surface area contributed by atoms with E-state index >= 15 is 0 Å². The number of allylic oxidation sites excluding steroid dienone is 4. The smallest absolute Gasteiger partial charge is 0.371 e. The van der Waals surface area contributed by atoms with Gasteiger partial charge in [0.25, 0.3) is 0 Å². The SMILES string of the molecule is C=CN=C(C)C(/C(=C\C)C1CCC1)=C(\C)N1CCN(C(=O)C(C)(C)C(F)(F)F)C(C)C1. The first-order valence-corrected chi connectivity index (χ1v) is 11.0. The molecule has 174 valence electrons. The van der Waals surface area contributed by atoms with Crippen molar-refractivity contribution >= 4 is 11.6 Å². The molecule has 31 heavy (non-hydrogen) atoms. The van der Waals surface area contributed by atoms with Crippen LogP contribution in [0.2, 0.25) is 0 Å². The van der Waals surface area contributed by atoms with Crippen molar-refractivity contribution in [1.29, 1.82) is 0 Å². The molecule has 0 aromatic carbocycles. The summed E-state index contributed by atoms with van der Waals surface area (Å²) in [7, 11) is 0. The zero-order valence-electron chi connectivity index (χ0n) is 19.6. The van der Waals surface area contributed by atoms with Crippen molar-refractivity contribution in [2.45, 2.75) is 73.0 Å². The number of hydrogen-bond donors (Lipinski definition) is 0. The van der Waals surface area contributed by atoms with Gasteiger partial charge in [0.2, 0.25) is 5.91 Å². The number of halogens is 3. The van der Waals surface area contributed by atoms with Gasteiger partial charge in [-0.1, -0.05) is 19.1 Å². The van der Waals surface area contributed by atoms with Gasteiger partial charge in [0.15, 0.2) is 0 Å². The van der Waals surface area contributed by atoms with Crippen molar-refractivity contribution in [2.75, 3.05) is 19.6 Å². The van der Waals surface area contributed by atoms with Gasteiger partial charge < -0.3 is 9.80 Å². The van der Waals surface area contributed by atoms with Crippen LogP contribution in [0.4, 0.5) is 13.2 Å². The second-order valence-corrected chi connectivity index (χ2v) is 9.15. The van der Waals surface area contributed by atoms with Crippen LogP contribution >= 0.6 is 0 Å². The molecule has 1 unspecified atom stereocenters. The number of carbonyl (C=O) groups is 1. The number of nitrogens with zero attached hydrogens (tertiary/aromatic N) is 3. The van der Waals surface area contributed by atoms with E-state index < -0.39 is 17.5 Å². The molecule has 1 aliphatic carbocycles. The zero-order chi connectivity index (χ0) is 23.6. The summed E-state index contributed by atoms with van der Waals surface area (Å²) in [4.78, 5) is 20.7. The molecule has 4 nitrogen and oxygen atoms in total. The van der Waals surface area contributed by atoms with Crippen molar-refractivity contribution in [1.82, 2.24) is 9.80 Å². The molecule has 1 saturated heterocycles. The molecular formula is C24H36F3N3O. The Morgan fingerprint density at radius 2 is 1.77 bits per heavy atom. The monoisotopic (exact) mass is 439 g/mol. The summed E-state index contributed by atoms with van der Waals surface area (Å²) < 4.78 is 40.2. The second-order valence-electron chi connectivity index (χ2n) is 9.15. The average molecular weight is 440 g/mol. The summed E-state index contributed by atoms with van der Waals surface area (Å²) in [5, 5.41) is 0. The minimum absolute atomic E-state index is 0.260. The molecular weight excluding hydrogens is 403 g/mol. The van der Waals surface area contributed by atoms with Gasteiger partial charge in [-0.3, -0.25) is 9.79 Å². The number of carbonyl (C=O) groups excluding carboxylic acids is 1. The van der Waals surface area contributed by atoms with Crippen molar-refractivity contribution in [3.8, 4) is 0 Å². The van der Waals surface area contributed by atoms with Gasteiger partial charge in [0, 0.05) is 48.9 Å². The molecule has 1 atom stereocenters. The first-order valence-electron chi connectivity index (χ1n) is 11.0. The number of aliphatic imine (C=N–C) groups is 1. The summed E-state index contributed by atoms with van der Waals surface area (Å²) in [5.41, 5.74) is 1.91. The molecule has 2 aliphatic rings. The lowest BCUT2D eigenvalue weighted by Crippen LogP contribution is -2.58. The number of piperazine rings is 1. The van der Waals surface area contributed by atoms with E-state index in [1.165, 1.54) is 23.1 Å². The first kappa shape index (κ1) is 25.2. The summed E-state index contributed by atoms with van der Waals surface area (Å²) in [6.45, 7) is 14.8. The number of alkyl halides is 3. The van der Waals surface area contributed by atoms with Gasteiger partial charge >= 0.3 is 6.18 Å². The lowest BCUT2D eigenvalue weighted by Gasteiger charge is -2.45. The van der Waals surface area contributed by atoms with Gasteiger partial charge in [0.1, 0.15) is 5.41 Å². The maximum Gasteiger partial charge on any atom is 0.402 e. The van der Waals surface area contributed by atoms with Crippen molar-refractivity contribution in [2.24, 2.45) is 16.3 Å². The Hall–Kier alpha value is -2.05. The summed E-state index contributed by atoms with van der Waals surface area (Å²) >= 11 is 0. The fourth-order valence-electron chi connectivity index (χ4n) is 4.39. The molecule has 1 heterocycles. The minimum Gasteiger partial charge on any atom is -0.371 e. The fourth-order valence-corrected chi connectivity index (χ4v) is 4.39.